The van der Waals surface area contributed by atoms with Gasteiger partial charge in [-0.25, -0.2) is 0 Å². The molecule has 384 valence electrons. The number of hydrogen-bond donors (Lipinski definition) is 12. The molecule has 14 N–H and O–H groups in total. The fraction of sp³-hybridized carbons (Fsp3) is 0.707. The Bertz CT molecular complexity index is 1940. The first kappa shape index (κ1) is 54.9. The molecule has 28 nitrogen and oxygen atoms in total. The van der Waals surface area contributed by atoms with Crippen LogP contribution in [0.25, 0.3) is 0 Å². The Morgan fingerprint density at radius 3 is 1.96 bits per heavy atom. The summed E-state index contributed by atoms with van der Waals surface area (Å²) >= 11 is 0. The molecule has 0 aromatic heterocycles. The van der Waals surface area contributed by atoms with Crippen molar-refractivity contribution in [3.63, 3.8) is 0 Å². The Hall–Kier alpha value is -6.68. The third-order valence-electron chi connectivity index (χ3n) is 12.7. The molecule has 4 aliphatic heterocycles. The van der Waals surface area contributed by atoms with Crippen LogP contribution < -0.4 is 38.1 Å². The molecule has 0 saturated carbocycles. The molecule has 6 atom stereocenters. The molecular formula is C41H64N12O16. The lowest BCUT2D eigenvalue weighted by Gasteiger charge is -2.45. The molecule has 69 heavy (non-hydrogen) atoms. The fourth-order valence-electron chi connectivity index (χ4n) is 9.67. The number of piperidine rings is 1. The van der Waals surface area contributed by atoms with E-state index in [4.69, 9.17) is 11.5 Å². The van der Waals surface area contributed by atoms with Gasteiger partial charge in [-0.1, -0.05) is 6.42 Å². The minimum absolute atomic E-state index is 0.0278. The second-order valence-electron chi connectivity index (χ2n) is 17.9. The van der Waals surface area contributed by atoms with Crippen molar-refractivity contribution < 1.29 is 78.3 Å². The smallest absolute Gasteiger partial charge is 0.317 e. The Labute approximate surface area is 395 Å². The average molecular weight is 981 g/mol. The second-order valence-corrected chi connectivity index (χ2v) is 17.9. The van der Waals surface area contributed by atoms with Crippen molar-refractivity contribution in [2.24, 2.45) is 28.3 Å². The van der Waals surface area contributed by atoms with Gasteiger partial charge in [-0.2, -0.15) is 0 Å². The summed E-state index contributed by atoms with van der Waals surface area (Å²) in [4.78, 5) is 150. The Balaban J connectivity index is 1.53. The number of hydrogen-bond acceptors (Lipinski definition) is 15. The third kappa shape index (κ3) is 16.8. The highest BCUT2D eigenvalue weighted by Gasteiger charge is 2.50. The highest BCUT2D eigenvalue weighted by atomic mass is 16.4. The highest BCUT2D eigenvalue weighted by Crippen LogP contribution is 2.38. The summed E-state index contributed by atoms with van der Waals surface area (Å²) in [5.74, 6) is -12.7. The quantitative estimate of drug-likeness (QED) is 0.0273. The minimum atomic E-state index is -1.61. The third-order valence-corrected chi connectivity index (χ3v) is 12.7. The predicted octanol–water partition coefficient (Wildman–Crippen LogP) is -5.60. The minimum Gasteiger partial charge on any atom is -0.481 e. The van der Waals surface area contributed by atoms with Crippen molar-refractivity contribution in [2.45, 2.75) is 93.9 Å². The van der Waals surface area contributed by atoms with Crippen LogP contribution in [0.3, 0.4) is 0 Å². The maximum Gasteiger partial charge on any atom is 0.317 e. The van der Waals surface area contributed by atoms with Crippen molar-refractivity contribution >= 4 is 71.2 Å². The van der Waals surface area contributed by atoms with Crippen LogP contribution in [0.2, 0.25) is 0 Å². The summed E-state index contributed by atoms with van der Waals surface area (Å²) in [6.07, 6.45) is 0.564. The number of guanidine groups is 1. The molecule has 0 spiro atoms. The van der Waals surface area contributed by atoms with Gasteiger partial charge in [-0.3, -0.25) is 72.4 Å². The highest BCUT2D eigenvalue weighted by molar-refractivity contribution is 5.96. The lowest BCUT2D eigenvalue weighted by Crippen LogP contribution is -2.62. The molecule has 0 aliphatic carbocycles. The van der Waals surface area contributed by atoms with E-state index in [0.717, 1.165) is 0 Å². The van der Waals surface area contributed by atoms with Crippen molar-refractivity contribution in [3.05, 3.63) is 0 Å². The number of aliphatic imine (C=N–C) groups is 1. The van der Waals surface area contributed by atoms with Crippen molar-refractivity contribution in [1.82, 2.24) is 46.2 Å². The van der Waals surface area contributed by atoms with Gasteiger partial charge in [0.1, 0.15) is 18.1 Å². The summed E-state index contributed by atoms with van der Waals surface area (Å²) < 4.78 is 0. The largest absolute Gasteiger partial charge is 0.481 e. The van der Waals surface area contributed by atoms with Crippen LogP contribution in [0.4, 0.5) is 0 Å². The van der Waals surface area contributed by atoms with Crippen LogP contribution in [0.1, 0.15) is 64.2 Å². The monoisotopic (exact) mass is 980 g/mol. The van der Waals surface area contributed by atoms with E-state index in [1.54, 1.807) is 0 Å². The molecule has 4 aliphatic rings. The Morgan fingerprint density at radius 1 is 0.754 bits per heavy atom. The summed E-state index contributed by atoms with van der Waals surface area (Å²) in [5, 5.41) is 61.1. The van der Waals surface area contributed by atoms with E-state index in [9.17, 15) is 78.3 Å². The van der Waals surface area contributed by atoms with Crippen molar-refractivity contribution in [3.8, 4) is 0 Å². The van der Waals surface area contributed by atoms with E-state index in [0.29, 0.717) is 6.42 Å². The van der Waals surface area contributed by atoms with E-state index in [1.165, 1.54) is 19.6 Å². The SMILES string of the molecule is NC(N)=NCCC[C@@H]1NC(=O)[C@@H]2CC[C@H]3C[C@@H](CNC(=O)CCCCC4(N(CC(=O)O)CC(=O)O)CN(CC(=O)O)CCN(CC(=O)O)C4)[C@@H](CNC(=O)[C@H](CC(=O)O)NC(=O)CNC1=O)C(=O)N32. The van der Waals surface area contributed by atoms with Gasteiger partial charge in [0.15, 0.2) is 5.96 Å². The van der Waals surface area contributed by atoms with Crippen molar-refractivity contribution in [2.75, 3.05) is 78.5 Å². The average Bonchev–Trinajstić information content (AvgIpc) is 3.60. The maximum absolute atomic E-state index is 14.4. The van der Waals surface area contributed by atoms with Crippen LogP contribution >= 0.6 is 0 Å². The number of carboxylic acid groups (broad SMARTS) is 5. The number of nitrogens with one attached hydrogen (secondary N) is 5. The van der Waals surface area contributed by atoms with E-state index in [1.807, 2.05) is 0 Å². The van der Waals surface area contributed by atoms with Crippen molar-refractivity contribution in [1.29, 1.82) is 0 Å². The van der Waals surface area contributed by atoms with E-state index >= 15 is 0 Å². The second kappa shape index (κ2) is 25.6. The van der Waals surface area contributed by atoms with Crippen LogP contribution in [0.5, 0.6) is 0 Å². The molecule has 28 heteroatoms. The molecule has 0 aromatic rings. The zero-order valence-electron chi connectivity index (χ0n) is 38.1. The normalized spacial score (nSPS) is 24.8. The van der Waals surface area contributed by atoms with Gasteiger partial charge in [-0.05, 0) is 50.9 Å². The maximum atomic E-state index is 14.4. The lowest BCUT2D eigenvalue weighted by molar-refractivity contribution is -0.150. The topological polar surface area (TPSA) is 426 Å². The zero-order chi connectivity index (χ0) is 51.0. The number of carboxylic acids is 5. The molecule has 4 saturated heterocycles. The summed E-state index contributed by atoms with van der Waals surface area (Å²) in [6, 6.07) is -4.32. The van der Waals surface area contributed by atoms with Crippen LogP contribution in [-0.4, -0.2) is 225 Å². The van der Waals surface area contributed by atoms with E-state index in [2.05, 4.69) is 31.6 Å². The summed E-state index contributed by atoms with van der Waals surface area (Å²) in [6.45, 7) is -3.53. The molecule has 0 aromatic carbocycles. The first-order valence-electron chi connectivity index (χ1n) is 22.7. The zero-order valence-corrected chi connectivity index (χ0v) is 38.1. The van der Waals surface area contributed by atoms with Gasteiger partial charge in [0.05, 0.1) is 45.1 Å². The van der Waals surface area contributed by atoms with Gasteiger partial charge in [0.2, 0.25) is 35.4 Å². The molecular weight excluding hydrogens is 917 g/mol. The Morgan fingerprint density at radius 2 is 1.38 bits per heavy atom. The molecule has 6 amide bonds. The summed E-state index contributed by atoms with van der Waals surface area (Å²) in [5.41, 5.74) is 9.44. The van der Waals surface area contributed by atoms with Crippen LogP contribution in [0.15, 0.2) is 4.99 Å². The number of unbranched alkanes of at least 4 members (excludes halogenated alkanes) is 1. The van der Waals surface area contributed by atoms with Gasteiger partial charge in [0, 0.05) is 63.8 Å². The molecule has 4 fully saturated rings. The number of carbonyl (C=O) groups is 11. The number of aliphatic carboxylic acids is 5. The number of carbonyl (C=O) groups excluding carboxylic acids is 6. The van der Waals surface area contributed by atoms with Gasteiger partial charge in [-0.15, -0.1) is 0 Å². The number of amides is 6. The van der Waals surface area contributed by atoms with Crippen LogP contribution in [-0.2, 0) is 52.7 Å². The van der Waals surface area contributed by atoms with Gasteiger partial charge in [0.25, 0.3) is 0 Å². The van der Waals surface area contributed by atoms with E-state index in [-0.39, 0.29) is 103 Å². The van der Waals surface area contributed by atoms with Gasteiger partial charge < -0.3 is 68.5 Å². The number of nitrogens with zero attached hydrogens (tertiary/aromatic N) is 5. The number of fused-ring (bicyclic) bond motifs is 1. The number of nitrogens with two attached hydrogens (primary N) is 2. The van der Waals surface area contributed by atoms with Crippen LogP contribution in [0, 0.1) is 11.8 Å². The summed E-state index contributed by atoms with van der Waals surface area (Å²) in [7, 11) is 0. The van der Waals surface area contributed by atoms with E-state index < -0.39 is 146 Å². The van der Waals surface area contributed by atoms with Gasteiger partial charge >= 0.3 is 29.8 Å². The molecule has 4 rings (SSSR count). The Kier molecular flexibility index (Phi) is 20.4. The fourth-order valence-corrected chi connectivity index (χ4v) is 9.67. The predicted molar refractivity (Wildman–Crippen MR) is 237 cm³/mol. The standard InChI is InChI=1S/C41H64N12O16/c42-40(43)44-9-3-4-26-36(66)47-16-30(55)48-27(13-31(56)57)37(67)46-15-25-23(12-24-6-7-28(38(68)49-26)53(24)39(25)69)14-45-29(54)5-1-2-8-41(52(19-34(62)63)20-35(64)65)21-50(17-32(58)59)10-11-51(22-41)18-33(60)61/h23-28H,1-22H2,(H,45,54)(H,46,67)(H,47,66)(H,48,55)(H,49,68)(H,56,57)(H,58,59)(H,60,61)(H,62,63)(H,64,65)(H4,42,43,44)/t23-,24-,25+,26-,27-,28-/m0/s1. The first-order valence-corrected chi connectivity index (χ1v) is 22.7. The lowest BCUT2D eigenvalue weighted by atomic mass is 9.81. The molecule has 0 radical (unpaired) electrons. The number of rotatable bonds is 22. The molecule has 0 unspecified atom stereocenters. The molecule has 2 bridgehead atoms. The molecule has 4 heterocycles. The first-order chi connectivity index (χ1) is 32.6.